The van der Waals surface area contributed by atoms with Gasteiger partial charge >= 0.3 is 0 Å². The Hall–Kier alpha value is -4.46. The molecule has 1 N–H and O–H groups in total. The molecule has 1 saturated heterocycles. The van der Waals surface area contributed by atoms with Gasteiger partial charge in [0, 0.05) is 37.3 Å². The summed E-state index contributed by atoms with van der Waals surface area (Å²) in [6.07, 6.45) is 0. The van der Waals surface area contributed by atoms with Gasteiger partial charge in [0.05, 0.1) is 10.8 Å². The van der Waals surface area contributed by atoms with Crippen LogP contribution in [0.4, 0.5) is 0 Å². The Morgan fingerprint density at radius 3 is 2.03 bits per heavy atom. The van der Waals surface area contributed by atoms with Crippen molar-refractivity contribution in [2.24, 2.45) is 0 Å². The number of carbonyl (C=O) groups excluding carboxylic acids is 2. The number of hydrogen-bond donors (Lipinski definition) is 1. The van der Waals surface area contributed by atoms with Gasteiger partial charge in [-0.05, 0) is 42.5 Å². The number of piperazine rings is 1. The molecule has 1 aliphatic rings. The van der Waals surface area contributed by atoms with Crippen molar-refractivity contribution in [3.05, 3.63) is 100 Å². The van der Waals surface area contributed by atoms with Crippen molar-refractivity contribution in [2.45, 2.75) is 0 Å². The third-order valence-electron chi connectivity index (χ3n) is 5.83. The Bertz CT molecular complexity index is 1410. The number of ether oxygens (including phenoxy) is 1. The Labute approximate surface area is 195 Å². The summed E-state index contributed by atoms with van der Waals surface area (Å²) in [7, 11) is 0. The average molecular weight is 454 g/mol. The highest BCUT2D eigenvalue weighted by Gasteiger charge is 2.25. The number of nitrogens with one attached hydrogen (secondary N) is 1. The number of benzene rings is 3. The van der Waals surface area contributed by atoms with Crippen LogP contribution in [0.1, 0.15) is 20.7 Å². The standard InChI is InChI=1S/C26H22N4O4/c31-23-21-11-4-5-12-22(21)24(28-27-23)34-20-10-6-9-19(17-20)26(33)30-15-13-29(14-16-30)25(32)18-7-2-1-3-8-18/h1-12,17H,13-16H2,(H,27,31). The summed E-state index contributed by atoms with van der Waals surface area (Å²) < 4.78 is 5.92. The number of rotatable bonds is 4. The minimum atomic E-state index is -0.295. The highest BCUT2D eigenvalue weighted by molar-refractivity contribution is 5.96. The Kier molecular flexibility index (Phi) is 5.78. The van der Waals surface area contributed by atoms with Gasteiger partial charge in [0.1, 0.15) is 5.75 Å². The van der Waals surface area contributed by atoms with Gasteiger partial charge in [0.2, 0.25) is 5.88 Å². The van der Waals surface area contributed by atoms with Gasteiger partial charge in [-0.15, -0.1) is 5.10 Å². The lowest BCUT2D eigenvalue weighted by Crippen LogP contribution is -2.50. The fourth-order valence-electron chi connectivity index (χ4n) is 4.03. The molecule has 2 heterocycles. The van der Waals surface area contributed by atoms with Gasteiger partial charge in [-0.3, -0.25) is 14.4 Å². The van der Waals surface area contributed by atoms with Crippen LogP contribution >= 0.6 is 0 Å². The maximum Gasteiger partial charge on any atom is 0.272 e. The number of hydrogen-bond acceptors (Lipinski definition) is 5. The van der Waals surface area contributed by atoms with Crippen LogP contribution in [0, 0.1) is 0 Å². The summed E-state index contributed by atoms with van der Waals surface area (Å²) in [6.45, 7) is 1.86. The van der Waals surface area contributed by atoms with Crippen molar-refractivity contribution in [3.63, 3.8) is 0 Å². The normalized spacial score (nSPS) is 13.6. The molecule has 0 bridgehead atoms. The van der Waals surface area contributed by atoms with Crippen LogP contribution in [0.2, 0.25) is 0 Å². The predicted molar refractivity (Wildman–Crippen MR) is 127 cm³/mol. The molecule has 0 aliphatic carbocycles. The van der Waals surface area contributed by atoms with Gasteiger partial charge in [0.25, 0.3) is 17.4 Å². The Morgan fingerprint density at radius 2 is 1.32 bits per heavy atom. The lowest BCUT2D eigenvalue weighted by atomic mass is 10.1. The van der Waals surface area contributed by atoms with E-state index in [-0.39, 0.29) is 23.3 Å². The molecule has 170 valence electrons. The van der Waals surface area contributed by atoms with E-state index < -0.39 is 0 Å². The van der Waals surface area contributed by atoms with Gasteiger partial charge in [0.15, 0.2) is 0 Å². The van der Waals surface area contributed by atoms with Crippen LogP contribution in [0.3, 0.4) is 0 Å². The van der Waals surface area contributed by atoms with E-state index in [1.54, 1.807) is 70.5 Å². The zero-order valence-corrected chi connectivity index (χ0v) is 18.3. The molecule has 34 heavy (non-hydrogen) atoms. The number of amides is 2. The Balaban J connectivity index is 1.28. The number of H-pyrrole nitrogens is 1. The third-order valence-corrected chi connectivity index (χ3v) is 5.83. The van der Waals surface area contributed by atoms with Crippen molar-refractivity contribution >= 4 is 22.6 Å². The first-order chi connectivity index (χ1) is 16.6. The summed E-state index contributed by atoms with van der Waals surface area (Å²) >= 11 is 0. The number of nitrogens with zero attached hydrogens (tertiary/aromatic N) is 3. The largest absolute Gasteiger partial charge is 0.437 e. The quantitative estimate of drug-likeness (QED) is 0.510. The molecule has 8 nitrogen and oxygen atoms in total. The van der Waals surface area contributed by atoms with Crippen molar-refractivity contribution in [2.75, 3.05) is 26.2 Å². The second kappa shape index (κ2) is 9.19. The molecule has 0 atom stereocenters. The highest BCUT2D eigenvalue weighted by Crippen LogP contribution is 2.26. The SMILES string of the molecule is O=C(c1ccccc1)N1CCN(C(=O)c2cccc(Oc3n[nH]c(=O)c4ccccc34)c2)CC1. The van der Waals surface area contributed by atoms with Gasteiger partial charge < -0.3 is 14.5 Å². The lowest BCUT2D eigenvalue weighted by molar-refractivity contribution is 0.0535. The minimum Gasteiger partial charge on any atom is -0.437 e. The fourth-order valence-corrected chi connectivity index (χ4v) is 4.03. The van der Waals surface area contributed by atoms with Gasteiger partial charge in [-0.1, -0.05) is 36.4 Å². The molecule has 2 amide bonds. The molecule has 3 aromatic carbocycles. The molecule has 1 fully saturated rings. The monoisotopic (exact) mass is 454 g/mol. The first kappa shape index (κ1) is 21.4. The molecule has 0 unspecified atom stereocenters. The van der Waals surface area contributed by atoms with E-state index >= 15 is 0 Å². The minimum absolute atomic E-state index is 0.0243. The molecule has 0 spiro atoms. The van der Waals surface area contributed by atoms with Crippen LogP contribution in [-0.2, 0) is 0 Å². The third kappa shape index (κ3) is 4.25. The second-order valence-corrected chi connectivity index (χ2v) is 7.98. The van der Waals surface area contributed by atoms with E-state index in [4.69, 9.17) is 4.74 Å². The number of aromatic amines is 1. The summed E-state index contributed by atoms with van der Waals surface area (Å²) in [5.74, 6) is 0.543. The highest BCUT2D eigenvalue weighted by atomic mass is 16.5. The van der Waals surface area contributed by atoms with Crippen LogP contribution in [0.5, 0.6) is 11.6 Å². The summed E-state index contributed by atoms with van der Waals surface area (Å²) in [4.78, 5) is 41.3. The molecule has 1 aromatic heterocycles. The topological polar surface area (TPSA) is 95.6 Å². The summed E-state index contributed by atoms with van der Waals surface area (Å²) in [5.41, 5.74) is 0.835. The number of aromatic nitrogens is 2. The van der Waals surface area contributed by atoms with Crippen LogP contribution in [-0.4, -0.2) is 58.0 Å². The van der Waals surface area contributed by atoms with E-state index in [0.29, 0.717) is 53.8 Å². The molecule has 0 saturated carbocycles. The smallest absolute Gasteiger partial charge is 0.272 e. The van der Waals surface area contributed by atoms with Gasteiger partial charge in [-0.2, -0.15) is 0 Å². The second-order valence-electron chi connectivity index (χ2n) is 7.98. The maximum atomic E-state index is 13.1. The summed E-state index contributed by atoms with van der Waals surface area (Å²) in [6, 6.07) is 23.1. The molecule has 1 aliphatic heterocycles. The van der Waals surface area contributed by atoms with Gasteiger partial charge in [-0.25, -0.2) is 5.10 Å². The molecule has 5 rings (SSSR count). The van der Waals surface area contributed by atoms with E-state index in [1.807, 2.05) is 18.2 Å². The van der Waals surface area contributed by atoms with E-state index in [0.717, 1.165) is 0 Å². The van der Waals surface area contributed by atoms with Crippen molar-refractivity contribution in [3.8, 4) is 11.6 Å². The van der Waals surface area contributed by atoms with Crippen LogP contribution < -0.4 is 10.3 Å². The first-order valence-corrected chi connectivity index (χ1v) is 11.0. The van der Waals surface area contributed by atoms with E-state index in [1.165, 1.54) is 0 Å². The number of fused-ring (bicyclic) bond motifs is 1. The zero-order valence-electron chi connectivity index (χ0n) is 18.3. The molecule has 0 radical (unpaired) electrons. The van der Waals surface area contributed by atoms with E-state index in [9.17, 15) is 14.4 Å². The molecular weight excluding hydrogens is 432 g/mol. The van der Waals surface area contributed by atoms with Crippen molar-refractivity contribution in [1.29, 1.82) is 0 Å². The molecular formula is C26H22N4O4. The van der Waals surface area contributed by atoms with Crippen LogP contribution in [0.25, 0.3) is 10.8 Å². The predicted octanol–water partition coefficient (Wildman–Crippen LogP) is 3.31. The van der Waals surface area contributed by atoms with E-state index in [2.05, 4.69) is 10.2 Å². The fraction of sp³-hybridized carbons (Fsp3) is 0.154. The molecule has 4 aromatic rings. The van der Waals surface area contributed by atoms with Crippen molar-refractivity contribution < 1.29 is 14.3 Å². The zero-order chi connectivity index (χ0) is 23.5. The molecule has 8 heteroatoms. The Morgan fingerprint density at radius 1 is 0.735 bits per heavy atom. The summed E-state index contributed by atoms with van der Waals surface area (Å²) in [5, 5.41) is 7.52. The number of carbonyl (C=O) groups is 2. The first-order valence-electron chi connectivity index (χ1n) is 11.0. The van der Waals surface area contributed by atoms with Crippen LogP contribution in [0.15, 0.2) is 83.7 Å². The van der Waals surface area contributed by atoms with Crippen molar-refractivity contribution in [1.82, 2.24) is 20.0 Å². The lowest BCUT2D eigenvalue weighted by Gasteiger charge is -2.35. The average Bonchev–Trinajstić information content (AvgIpc) is 2.90. The maximum absolute atomic E-state index is 13.1.